The second-order valence-electron chi connectivity index (χ2n) is 5.39. The first-order valence-electron chi connectivity index (χ1n) is 7.58. The van der Waals surface area contributed by atoms with Crippen molar-refractivity contribution in [3.63, 3.8) is 0 Å². The summed E-state index contributed by atoms with van der Waals surface area (Å²) < 4.78 is 15.4. The number of hydrogen-bond acceptors (Lipinski definition) is 6. The average Bonchev–Trinajstić information content (AvgIpc) is 3.07. The van der Waals surface area contributed by atoms with Crippen LogP contribution in [0, 0.1) is 0 Å². The normalized spacial score (nSPS) is 13.2. The molecule has 1 aliphatic heterocycles. The third-order valence-corrected chi connectivity index (χ3v) is 3.65. The number of rotatable bonds is 5. The van der Waals surface area contributed by atoms with Crippen molar-refractivity contribution < 1.29 is 23.8 Å². The van der Waals surface area contributed by atoms with E-state index in [-0.39, 0.29) is 18.4 Å². The summed E-state index contributed by atoms with van der Waals surface area (Å²) in [5, 5.41) is 2.71. The van der Waals surface area contributed by atoms with E-state index in [1.54, 1.807) is 19.1 Å². The Bertz CT molecular complexity index is 860. The van der Waals surface area contributed by atoms with E-state index in [1.165, 1.54) is 18.3 Å². The summed E-state index contributed by atoms with van der Waals surface area (Å²) in [6.07, 6.45) is 1.40. The molecule has 0 fully saturated rings. The predicted molar refractivity (Wildman–Crippen MR) is 86.5 cm³/mol. The molecule has 3 rings (SSSR count). The molecule has 1 aromatic heterocycles. The quantitative estimate of drug-likeness (QED) is 0.788. The zero-order valence-corrected chi connectivity index (χ0v) is 13.4. The fourth-order valence-corrected chi connectivity index (χ4v) is 2.34. The SMILES string of the molecule is C[C@@H](NC(=O)COC(=O)c1ccc[nH]c1=O)c1ccc2c(c1)OCO2. The van der Waals surface area contributed by atoms with E-state index in [0.29, 0.717) is 11.5 Å². The second-order valence-corrected chi connectivity index (χ2v) is 5.39. The average molecular weight is 344 g/mol. The number of carbonyl (C=O) groups is 2. The molecule has 2 heterocycles. The van der Waals surface area contributed by atoms with Crippen molar-refractivity contribution in [2.75, 3.05) is 13.4 Å². The van der Waals surface area contributed by atoms with E-state index < -0.39 is 24.0 Å². The zero-order valence-electron chi connectivity index (χ0n) is 13.4. The molecule has 0 unspecified atom stereocenters. The van der Waals surface area contributed by atoms with Crippen LogP contribution in [0.3, 0.4) is 0 Å². The van der Waals surface area contributed by atoms with Gasteiger partial charge in [-0.2, -0.15) is 0 Å². The van der Waals surface area contributed by atoms with E-state index >= 15 is 0 Å². The molecule has 8 nitrogen and oxygen atoms in total. The summed E-state index contributed by atoms with van der Waals surface area (Å²) in [6.45, 7) is 1.48. The summed E-state index contributed by atoms with van der Waals surface area (Å²) in [7, 11) is 0. The zero-order chi connectivity index (χ0) is 17.8. The highest BCUT2D eigenvalue weighted by Gasteiger charge is 2.18. The standard InChI is InChI=1S/C17H16N2O6/c1-10(11-4-5-13-14(7-11)25-9-24-13)19-15(20)8-23-17(22)12-3-2-6-18-16(12)21/h2-7,10H,8-9H2,1H3,(H,18,21)(H,19,20)/t10-/m1/s1. The van der Waals surface area contributed by atoms with Gasteiger partial charge in [0.15, 0.2) is 18.1 Å². The van der Waals surface area contributed by atoms with Gasteiger partial charge in [0, 0.05) is 6.20 Å². The molecule has 1 aliphatic rings. The number of pyridine rings is 1. The van der Waals surface area contributed by atoms with Crippen LogP contribution >= 0.6 is 0 Å². The van der Waals surface area contributed by atoms with Gasteiger partial charge in [0.05, 0.1) is 6.04 Å². The topological polar surface area (TPSA) is 107 Å². The molecular formula is C17H16N2O6. The van der Waals surface area contributed by atoms with Gasteiger partial charge in [-0.3, -0.25) is 9.59 Å². The molecule has 1 atom stereocenters. The Kier molecular flexibility index (Phi) is 4.69. The molecule has 2 aromatic rings. The number of H-pyrrole nitrogens is 1. The molecule has 0 bridgehead atoms. The number of benzene rings is 1. The molecule has 0 radical (unpaired) electrons. The van der Waals surface area contributed by atoms with E-state index in [1.807, 2.05) is 6.07 Å². The summed E-state index contributed by atoms with van der Waals surface area (Å²) in [6, 6.07) is 7.87. The third kappa shape index (κ3) is 3.79. The van der Waals surface area contributed by atoms with E-state index in [9.17, 15) is 14.4 Å². The molecule has 0 aliphatic carbocycles. The van der Waals surface area contributed by atoms with Crippen LogP contribution in [0.4, 0.5) is 0 Å². The first-order valence-corrected chi connectivity index (χ1v) is 7.58. The maximum absolute atomic E-state index is 12.0. The number of aromatic amines is 1. The summed E-state index contributed by atoms with van der Waals surface area (Å²) in [5.74, 6) is -0.0590. The van der Waals surface area contributed by atoms with E-state index in [2.05, 4.69) is 10.3 Å². The van der Waals surface area contributed by atoms with Gasteiger partial charge in [-0.15, -0.1) is 0 Å². The number of esters is 1. The van der Waals surface area contributed by atoms with Crippen LogP contribution in [-0.4, -0.2) is 30.3 Å². The minimum absolute atomic E-state index is 0.154. The molecule has 1 amide bonds. The van der Waals surface area contributed by atoms with Crippen molar-refractivity contribution >= 4 is 11.9 Å². The summed E-state index contributed by atoms with van der Waals surface area (Å²) in [4.78, 5) is 37.6. The van der Waals surface area contributed by atoms with Crippen molar-refractivity contribution in [3.8, 4) is 11.5 Å². The molecule has 0 saturated heterocycles. The Morgan fingerprint density at radius 3 is 2.88 bits per heavy atom. The van der Waals surface area contributed by atoms with Gasteiger partial charge in [-0.05, 0) is 36.8 Å². The minimum atomic E-state index is -0.854. The lowest BCUT2D eigenvalue weighted by molar-refractivity contribution is -0.124. The fourth-order valence-electron chi connectivity index (χ4n) is 2.34. The number of aromatic nitrogens is 1. The Morgan fingerprint density at radius 1 is 1.28 bits per heavy atom. The van der Waals surface area contributed by atoms with Crippen LogP contribution in [0.2, 0.25) is 0 Å². The van der Waals surface area contributed by atoms with Crippen molar-refractivity contribution in [2.24, 2.45) is 0 Å². The van der Waals surface area contributed by atoms with Crippen molar-refractivity contribution in [1.29, 1.82) is 0 Å². The maximum Gasteiger partial charge on any atom is 0.344 e. The molecular weight excluding hydrogens is 328 g/mol. The Morgan fingerprint density at radius 2 is 2.08 bits per heavy atom. The lowest BCUT2D eigenvalue weighted by Gasteiger charge is -2.14. The van der Waals surface area contributed by atoms with Gasteiger partial charge in [0.25, 0.3) is 11.5 Å². The smallest absolute Gasteiger partial charge is 0.344 e. The highest BCUT2D eigenvalue weighted by atomic mass is 16.7. The first-order chi connectivity index (χ1) is 12.0. The maximum atomic E-state index is 12.0. The largest absolute Gasteiger partial charge is 0.454 e. The molecule has 25 heavy (non-hydrogen) atoms. The van der Waals surface area contributed by atoms with E-state index in [4.69, 9.17) is 14.2 Å². The van der Waals surface area contributed by atoms with Crippen molar-refractivity contribution in [1.82, 2.24) is 10.3 Å². The van der Waals surface area contributed by atoms with Gasteiger partial charge in [-0.25, -0.2) is 4.79 Å². The van der Waals surface area contributed by atoms with Crippen molar-refractivity contribution in [2.45, 2.75) is 13.0 Å². The summed E-state index contributed by atoms with van der Waals surface area (Å²) >= 11 is 0. The molecule has 130 valence electrons. The van der Waals surface area contributed by atoms with Gasteiger partial charge < -0.3 is 24.5 Å². The number of carbonyl (C=O) groups excluding carboxylic acids is 2. The van der Waals surface area contributed by atoms with Gasteiger partial charge in [0.2, 0.25) is 6.79 Å². The number of fused-ring (bicyclic) bond motifs is 1. The summed E-state index contributed by atoms with van der Waals surface area (Å²) in [5.41, 5.74) is 0.101. The second kappa shape index (κ2) is 7.08. The van der Waals surface area contributed by atoms with Gasteiger partial charge in [-0.1, -0.05) is 6.07 Å². The highest BCUT2D eigenvalue weighted by Crippen LogP contribution is 2.34. The number of ether oxygens (including phenoxy) is 3. The molecule has 0 saturated carbocycles. The minimum Gasteiger partial charge on any atom is -0.454 e. The third-order valence-electron chi connectivity index (χ3n) is 3.65. The fraction of sp³-hybridized carbons (Fsp3) is 0.235. The molecule has 8 heteroatoms. The van der Waals surface area contributed by atoms with Gasteiger partial charge in [0.1, 0.15) is 5.56 Å². The van der Waals surface area contributed by atoms with Crippen LogP contribution in [0.5, 0.6) is 11.5 Å². The lowest BCUT2D eigenvalue weighted by Crippen LogP contribution is -2.31. The molecule has 1 aromatic carbocycles. The Balaban J connectivity index is 1.55. The monoisotopic (exact) mass is 344 g/mol. The van der Waals surface area contributed by atoms with Crippen LogP contribution in [0.25, 0.3) is 0 Å². The van der Waals surface area contributed by atoms with Gasteiger partial charge >= 0.3 is 5.97 Å². The molecule has 2 N–H and O–H groups in total. The Hall–Kier alpha value is -3.29. The van der Waals surface area contributed by atoms with Crippen LogP contribution in [-0.2, 0) is 9.53 Å². The van der Waals surface area contributed by atoms with Crippen LogP contribution in [0.15, 0.2) is 41.3 Å². The lowest BCUT2D eigenvalue weighted by atomic mass is 10.1. The molecule has 0 spiro atoms. The number of nitrogens with one attached hydrogen (secondary N) is 2. The van der Waals surface area contributed by atoms with E-state index in [0.717, 1.165) is 5.56 Å². The number of hydrogen-bond donors (Lipinski definition) is 2. The number of amides is 1. The Labute approximate surface area is 142 Å². The highest BCUT2D eigenvalue weighted by molar-refractivity contribution is 5.90. The van der Waals surface area contributed by atoms with Crippen LogP contribution in [0.1, 0.15) is 28.9 Å². The predicted octanol–water partition coefficient (Wildman–Crippen LogP) is 1.14. The first kappa shape index (κ1) is 16.6. The van der Waals surface area contributed by atoms with Crippen molar-refractivity contribution in [3.05, 3.63) is 58.0 Å². The van der Waals surface area contributed by atoms with Crippen LogP contribution < -0.4 is 20.3 Å².